The summed E-state index contributed by atoms with van der Waals surface area (Å²) in [6.07, 6.45) is 1.57. The number of piperazine rings is 1. The highest BCUT2D eigenvalue weighted by Crippen LogP contribution is 2.25. The van der Waals surface area contributed by atoms with E-state index in [-0.39, 0.29) is 23.7 Å². The van der Waals surface area contributed by atoms with Crippen molar-refractivity contribution in [2.24, 2.45) is 0 Å². The molecule has 3 rings (SSSR count). The molecule has 1 heterocycles. The van der Waals surface area contributed by atoms with Crippen molar-refractivity contribution in [1.82, 2.24) is 9.80 Å². The molecule has 4 heteroatoms. The van der Waals surface area contributed by atoms with Gasteiger partial charge in [-0.05, 0) is 24.0 Å². The van der Waals surface area contributed by atoms with Gasteiger partial charge in [0.25, 0.3) is 0 Å². The van der Waals surface area contributed by atoms with E-state index in [1.165, 1.54) is 0 Å². The van der Waals surface area contributed by atoms with Crippen molar-refractivity contribution in [3.63, 3.8) is 0 Å². The Morgan fingerprint density at radius 1 is 0.679 bits per heavy atom. The maximum absolute atomic E-state index is 13.0. The molecule has 148 valence electrons. The molecule has 1 saturated heterocycles. The van der Waals surface area contributed by atoms with Gasteiger partial charge in [0.1, 0.15) is 0 Å². The molecule has 1 fully saturated rings. The molecule has 0 spiro atoms. The number of hydrogen-bond acceptors (Lipinski definition) is 2. The number of hydrogen-bond donors (Lipinski definition) is 0. The summed E-state index contributed by atoms with van der Waals surface area (Å²) in [4.78, 5) is 29.9. The van der Waals surface area contributed by atoms with Crippen molar-refractivity contribution in [3.8, 4) is 0 Å². The topological polar surface area (TPSA) is 40.6 Å². The first-order valence-electron chi connectivity index (χ1n) is 10.3. The zero-order valence-corrected chi connectivity index (χ0v) is 16.9. The minimum Gasteiger partial charge on any atom is -0.339 e. The Labute approximate surface area is 168 Å². The first-order valence-corrected chi connectivity index (χ1v) is 10.3. The Morgan fingerprint density at radius 3 is 1.29 bits per heavy atom. The highest BCUT2D eigenvalue weighted by atomic mass is 16.2. The third kappa shape index (κ3) is 4.44. The molecule has 2 aromatic rings. The van der Waals surface area contributed by atoms with E-state index in [1.54, 1.807) is 0 Å². The van der Waals surface area contributed by atoms with Gasteiger partial charge in [0.05, 0.1) is 11.8 Å². The van der Waals surface area contributed by atoms with Crippen molar-refractivity contribution in [2.75, 3.05) is 26.2 Å². The van der Waals surface area contributed by atoms with E-state index in [2.05, 4.69) is 13.8 Å². The molecule has 0 radical (unpaired) electrons. The zero-order chi connectivity index (χ0) is 19.9. The Hall–Kier alpha value is -2.62. The normalized spacial score (nSPS) is 16.5. The monoisotopic (exact) mass is 378 g/mol. The van der Waals surface area contributed by atoms with Crippen LogP contribution in [0.15, 0.2) is 60.7 Å². The quantitative estimate of drug-likeness (QED) is 0.761. The average molecular weight is 379 g/mol. The fraction of sp³-hybridized carbons (Fsp3) is 0.417. The van der Waals surface area contributed by atoms with Gasteiger partial charge in [-0.3, -0.25) is 9.59 Å². The summed E-state index contributed by atoms with van der Waals surface area (Å²) in [7, 11) is 0. The van der Waals surface area contributed by atoms with Crippen LogP contribution >= 0.6 is 0 Å². The lowest BCUT2D eigenvalue weighted by Crippen LogP contribution is -2.52. The van der Waals surface area contributed by atoms with Gasteiger partial charge in [-0.2, -0.15) is 0 Å². The van der Waals surface area contributed by atoms with Crippen LogP contribution in [-0.2, 0) is 9.59 Å². The maximum atomic E-state index is 13.0. The molecule has 0 N–H and O–H groups in total. The first kappa shape index (κ1) is 20.1. The van der Waals surface area contributed by atoms with Crippen LogP contribution in [0.5, 0.6) is 0 Å². The van der Waals surface area contributed by atoms with Crippen LogP contribution in [0.1, 0.15) is 49.7 Å². The predicted molar refractivity (Wildman–Crippen MR) is 112 cm³/mol. The second kappa shape index (κ2) is 9.54. The Bertz CT molecular complexity index is 700. The average Bonchev–Trinajstić information content (AvgIpc) is 2.76. The SMILES string of the molecule is CC[C@@H](C(=O)N1CCN(C(=O)[C@H](CC)c2ccccc2)CC1)c1ccccc1. The second-order valence-electron chi connectivity index (χ2n) is 7.39. The summed E-state index contributed by atoms with van der Waals surface area (Å²) in [5, 5.41) is 0. The molecule has 1 aliphatic rings. The van der Waals surface area contributed by atoms with Crippen LogP contribution in [-0.4, -0.2) is 47.8 Å². The standard InChI is InChI=1S/C24H30N2O2/c1-3-21(19-11-7-5-8-12-19)23(27)25-15-17-26(18-16-25)24(28)22(4-2)20-13-9-6-10-14-20/h5-14,21-22H,3-4,15-18H2,1-2H3/t21-,22-/m1/s1. The van der Waals surface area contributed by atoms with Gasteiger partial charge in [-0.1, -0.05) is 74.5 Å². The van der Waals surface area contributed by atoms with E-state index in [1.807, 2.05) is 70.5 Å². The zero-order valence-electron chi connectivity index (χ0n) is 16.9. The largest absolute Gasteiger partial charge is 0.339 e. The predicted octanol–water partition coefficient (Wildman–Crippen LogP) is 4.04. The van der Waals surface area contributed by atoms with Crippen molar-refractivity contribution in [2.45, 2.75) is 38.5 Å². The summed E-state index contributed by atoms with van der Waals surface area (Å²) in [5.74, 6) is 0.152. The lowest BCUT2D eigenvalue weighted by molar-refractivity contribution is -0.141. The van der Waals surface area contributed by atoms with Gasteiger partial charge in [0.2, 0.25) is 11.8 Å². The Balaban J connectivity index is 1.62. The van der Waals surface area contributed by atoms with E-state index in [0.717, 1.165) is 24.0 Å². The third-order valence-electron chi connectivity index (χ3n) is 5.72. The Morgan fingerprint density at radius 2 is 1.00 bits per heavy atom. The minimum absolute atomic E-state index is 0.101. The van der Waals surface area contributed by atoms with Crippen LogP contribution in [0.25, 0.3) is 0 Å². The van der Waals surface area contributed by atoms with E-state index < -0.39 is 0 Å². The van der Waals surface area contributed by atoms with Gasteiger partial charge in [0, 0.05) is 26.2 Å². The summed E-state index contributed by atoms with van der Waals surface area (Å²) in [6, 6.07) is 20.0. The van der Waals surface area contributed by atoms with E-state index in [4.69, 9.17) is 0 Å². The van der Waals surface area contributed by atoms with Crippen LogP contribution in [0.3, 0.4) is 0 Å². The third-order valence-corrected chi connectivity index (χ3v) is 5.72. The molecule has 0 aliphatic carbocycles. The first-order chi connectivity index (χ1) is 13.7. The van der Waals surface area contributed by atoms with Gasteiger partial charge >= 0.3 is 0 Å². The number of carbonyl (C=O) groups is 2. The fourth-order valence-electron chi connectivity index (χ4n) is 4.06. The van der Waals surface area contributed by atoms with Gasteiger partial charge in [-0.25, -0.2) is 0 Å². The smallest absolute Gasteiger partial charge is 0.230 e. The molecular weight excluding hydrogens is 348 g/mol. The molecule has 28 heavy (non-hydrogen) atoms. The highest BCUT2D eigenvalue weighted by Gasteiger charge is 2.31. The molecular formula is C24H30N2O2. The van der Waals surface area contributed by atoms with Gasteiger partial charge < -0.3 is 9.80 Å². The van der Waals surface area contributed by atoms with Gasteiger partial charge in [0.15, 0.2) is 0 Å². The summed E-state index contributed by atoms with van der Waals surface area (Å²) < 4.78 is 0. The molecule has 4 nitrogen and oxygen atoms in total. The van der Waals surface area contributed by atoms with E-state index in [0.29, 0.717) is 26.2 Å². The maximum Gasteiger partial charge on any atom is 0.230 e. The molecule has 0 aromatic heterocycles. The number of amides is 2. The number of carbonyl (C=O) groups excluding carboxylic acids is 2. The van der Waals surface area contributed by atoms with Crippen molar-refractivity contribution < 1.29 is 9.59 Å². The van der Waals surface area contributed by atoms with Crippen LogP contribution in [0, 0.1) is 0 Å². The lowest BCUT2D eigenvalue weighted by Gasteiger charge is -2.37. The second-order valence-corrected chi connectivity index (χ2v) is 7.39. The van der Waals surface area contributed by atoms with E-state index >= 15 is 0 Å². The molecule has 0 saturated carbocycles. The number of rotatable bonds is 6. The van der Waals surface area contributed by atoms with Crippen molar-refractivity contribution in [3.05, 3.63) is 71.8 Å². The molecule has 0 bridgehead atoms. The molecule has 1 aliphatic heterocycles. The number of nitrogens with zero attached hydrogens (tertiary/aromatic N) is 2. The van der Waals surface area contributed by atoms with E-state index in [9.17, 15) is 9.59 Å². The fourth-order valence-corrected chi connectivity index (χ4v) is 4.06. The number of benzene rings is 2. The summed E-state index contributed by atoms with van der Waals surface area (Å²) in [6.45, 7) is 6.55. The summed E-state index contributed by atoms with van der Waals surface area (Å²) >= 11 is 0. The minimum atomic E-state index is -0.101. The molecule has 2 atom stereocenters. The van der Waals surface area contributed by atoms with Crippen LogP contribution in [0.4, 0.5) is 0 Å². The molecule has 0 unspecified atom stereocenters. The Kier molecular flexibility index (Phi) is 6.85. The van der Waals surface area contributed by atoms with Gasteiger partial charge in [-0.15, -0.1) is 0 Å². The summed E-state index contributed by atoms with van der Waals surface area (Å²) in [5.41, 5.74) is 2.15. The lowest BCUT2D eigenvalue weighted by atomic mass is 9.94. The van der Waals surface area contributed by atoms with Crippen LogP contribution in [0.2, 0.25) is 0 Å². The molecule has 2 aromatic carbocycles. The van der Waals surface area contributed by atoms with Crippen LogP contribution < -0.4 is 0 Å². The molecule has 2 amide bonds. The van der Waals surface area contributed by atoms with Crippen molar-refractivity contribution >= 4 is 11.8 Å². The highest BCUT2D eigenvalue weighted by molar-refractivity contribution is 5.85. The van der Waals surface area contributed by atoms with Crippen molar-refractivity contribution in [1.29, 1.82) is 0 Å².